The number of rotatable bonds is 2. The molecule has 1 aliphatic carbocycles. The molecule has 0 saturated heterocycles. The van der Waals surface area contributed by atoms with E-state index in [-0.39, 0.29) is 27.1 Å². The zero-order valence-electron chi connectivity index (χ0n) is 17.1. The van der Waals surface area contributed by atoms with E-state index < -0.39 is 35.0 Å². The molecule has 4 rings (SSSR count). The molecule has 0 spiro atoms. The van der Waals surface area contributed by atoms with Gasteiger partial charge in [0.2, 0.25) is 0 Å². The molecular formula is C20H16ClF6N5OS. The Morgan fingerprint density at radius 2 is 1.53 bits per heavy atom. The number of halogens is 7. The van der Waals surface area contributed by atoms with Gasteiger partial charge in [-0.2, -0.15) is 31.4 Å². The number of alkyl halides is 6. The number of hydrogen-bond acceptors (Lipinski definition) is 5. The normalized spacial score (nSPS) is 11.8. The van der Waals surface area contributed by atoms with Crippen molar-refractivity contribution in [1.29, 1.82) is 5.26 Å². The standard InChI is InChI=1S/C12H5ClF6N4OS.C3H6.2C2H2.CHN/c13-8-2-6(11(14,15)16)21-23(8)3-5-1-9(24)22-4-7(12(17,18)19)25-10(22)20-5;1-2-3-1;3*1-2/h1-2,4H,3H2;1-3H2;2*1-2H;1H. The van der Waals surface area contributed by atoms with Gasteiger partial charge in [-0.1, -0.05) is 42.2 Å². The maximum Gasteiger partial charge on any atom is 0.435 e. The lowest BCUT2D eigenvalue weighted by Crippen LogP contribution is -2.16. The van der Waals surface area contributed by atoms with E-state index in [4.69, 9.17) is 16.9 Å². The summed E-state index contributed by atoms with van der Waals surface area (Å²) in [5, 5.41) is 9.41. The second-order valence-corrected chi connectivity index (χ2v) is 7.30. The lowest BCUT2D eigenvalue weighted by Gasteiger charge is -2.03. The van der Waals surface area contributed by atoms with E-state index in [1.807, 2.05) is 0 Å². The Morgan fingerprint density at radius 1 is 1.00 bits per heavy atom. The summed E-state index contributed by atoms with van der Waals surface area (Å²) in [4.78, 5) is 14.5. The second kappa shape index (κ2) is 13.3. The van der Waals surface area contributed by atoms with E-state index in [1.54, 1.807) is 0 Å². The van der Waals surface area contributed by atoms with Gasteiger partial charge in [-0.15, -0.1) is 25.7 Å². The number of aromatic nitrogens is 4. The molecule has 3 heterocycles. The summed E-state index contributed by atoms with van der Waals surface area (Å²) in [7, 11) is 0. The highest BCUT2D eigenvalue weighted by Gasteiger charge is 2.35. The third-order valence-corrected chi connectivity index (χ3v) is 4.72. The van der Waals surface area contributed by atoms with Crippen LogP contribution in [0.4, 0.5) is 26.3 Å². The van der Waals surface area contributed by atoms with Crippen LogP contribution in [0.15, 0.2) is 23.1 Å². The largest absolute Gasteiger partial charge is 0.435 e. The van der Waals surface area contributed by atoms with Gasteiger partial charge >= 0.3 is 12.4 Å². The molecule has 6 nitrogen and oxygen atoms in total. The van der Waals surface area contributed by atoms with Crippen LogP contribution in [0.2, 0.25) is 5.15 Å². The van der Waals surface area contributed by atoms with E-state index in [2.05, 4.69) is 42.3 Å². The Kier molecular flexibility index (Phi) is 11.9. The molecule has 0 aromatic carbocycles. The maximum atomic E-state index is 12.7. The Labute approximate surface area is 199 Å². The van der Waals surface area contributed by atoms with Gasteiger partial charge in [-0.05, 0) is 0 Å². The zero-order chi connectivity index (χ0) is 26.7. The molecule has 34 heavy (non-hydrogen) atoms. The van der Waals surface area contributed by atoms with Gasteiger partial charge in [-0.25, -0.2) is 14.9 Å². The van der Waals surface area contributed by atoms with Gasteiger partial charge in [0, 0.05) is 24.9 Å². The summed E-state index contributed by atoms with van der Waals surface area (Å²) in [5.41, 5.74) is -2.10. The molecule has 0 aliphatic heterocycles. The molecule has 0 bridgehead atoms. The van der Waals surface area contributed by atoms with Gasteiger partial charge in [0.25, 0.3) is 5.56 Å². The molecule has 3 aromatic heterocycles. The predicted molar refractivity (Wildman–Crippen MR) is 116 cm³/mol. The number of nitriles is 1. The highest BCUT2D eigenvalue weighted by atomic mass is 35.5. The Bertz CT molecular complexity index is 1170. The SMILES string of the molecule is C#C.C#C.C#N.C1CC1.O=c1cc(Cn2nc(C(F)(F)F)cc2Cl)nc2sc(C(F)(F)F)cn12. The molecule has 1 saturated carbocycles. The minimum absolute atomic E-state index is 0.0701. The molecule has 3 aromatic rings. The smallest absolute Gasteiger partial charge is 0.269 e. The first kappa shape index (κ1) is 30.5. The number of terminal acetylenes is 2. The summed E-state index contributed by atoms with van der Waals surface area (Å²) in [5.74, 6) is 0. The first-order valence-corrected chi connectivity index (χ1v) is 9.97. The average Bonchev–Trinajstić information content (AvgIpc) is 3.53. The summed E-state index contributed by atoms with van der Waals surface area (Å²) < 4.78 is 77.4. The van der Waals surface area contributed by atoms with Crippen LogP contribution in [-0.2, 0) is 18.9 Å². The number of hydrogen-bond donors (Lipinski definition) is 0. The summed E-state index contributed by atoms with van der Waals surface area (Å²) >= 11 is 5.91. The first-order valence-electron chi connectivity index (χ1n) is 8.77. The molecule has 0 radical (unpaired) electrons. The van der Waals surface area contributed by atoms with Crippen LogP contribution in [0.3, 0.4) is 0 Å². The first-order chi connectivity index (χ1) is 15.9. The Morgan fingerprint density at radius 3 is 1.94 bits per heavy atom. The summed E-state index contributed by atoms with van der Waals surface area (Å²) in [6.07, 6.45) is 11.8. The number of fused-ring (bicyclic) bond motifs is 1. The van der Waals surface area contributed by atoms with Crippen molar-refractivity contribution in [3.63, 3.8) is 0 Å². The van der Waals surface area contributed by atoms with Crippen molar-refractivity contribution < 1.29 is 26.3 Å². The lowest BCUT2D eigenvalue weighted by molar-refractivity contribution is -0.141. The van der Waals surface area contributed by atoms with Gasteiger partial charge in [0.05, 0.1) is 12.2 Å². The quantitative estimate of drug-likeness (QED) is 0.328. The molecule has 0 unspecified atom stereocenters. The van der Waals surface area contributed by atoms with Crippen LogP contribution in [-0.4, -0.2) is 19.2 Å². The molecule has 0 atom stereocenters. The van der Waals surface area contributed by atoms with Crippen LogP contribution in [0.25, 0.3) is 4.96 Å². The highest BCUT2D eigenvalue weighted by molar-refractivity contribution is 7.17. The summed E-state index contributed by atoms with van der Waals surface area (Å²) in [6.45, 7) is 3.10. The third kappa shape index (κ3) is 8.81. The van der Waals surface area contributed by atoms with E-state index in [9.17, 15) is 31.1 Å². The maximum absolute atomic E-state index is 12.7. The van der Waals surface area contributed by atoms with Crippen molar-refractivity contribution in [1.82, 2.24) is 19.2 Å². The Balaban J connectivity index is 0.00000105. The van der Waals surface area contributed by atoms with Crippen LogP contribution in [0.5, 0.6) is 0 Å². The van der Waals surface area contributed by atoms with Crippen LogP contribution >= 0.6 is 22.9 Å². The molecule has 14 heteroatoms. The van der Waals surface area contributed by atoms with Gasteiger partial charge in [0.15, 0.2) is 10.7 Å². The third-order valence-electron chi connectivity index (χ3n) is 3.39. The molecular weight excluding hydrogens is 508 g/mol. The van der Waals surface area contributed by atoms with Crippen molar-refractivity contribution in [2.24, 2.45) is 0 Å². The Hall–Kier alpha value is -3.47. The van der Waals surface area contributed by atoms with Crippen LogP contribution in [0, 0.1) is 37.5 Å². The predicted octanol–water partition coefficient (Wildman–Crippen LogP) is 5.50. The van der Waals surface area contributed by atoms with E-state index in [0.717, 1.165) is 10.7 Å². The highest BCUT2D eigenvalue weighted by Crippen LogP contribution is 2.34. The van der Waals surface area contributed by atoms with Crippen molar-refractivity contribution >= 4 is 27.9 Å². The summed E-state index contributed by atoms with van der Waals surface area (Å²) in [6, 6.07) is 1.50. The van der Waals surface area contributed by atoms with Gasteiger partial charge in [-0.3, -0.25) is 9.20 Å². The number of thiazole rings is 1. The molecule has 182 valence electrons. The van der Waals surface area contributed by atoms with Crippen LogP contribution < -0.4 is 5.56 Å². The van der Waals surface area contributed by atoms with Crippen molar-refractivity contribution in [2.75, 3.05) is 0 Å². The second-order valence-electron chi connectivity index (χ2n) is 5.90. The fourth-order valence-corrected chi connectivity index (χ4v) is 3.03. The minimum atomic E-state index is -4.71. The zero-order valence-corrected chi connectivity index (χ0v) is 18.7. The average molecular weight is 524 g/mol. The lowest BCUT2D eigenvalue weighted by atomic mass is 10.4. The monoisotopic (exact) mass is 523 g/mol. The molecule has 0 amide bonds. The minimum Gasteiger partial charge on any atom is -0.269 e. The molecule has 1 fully saturated rings. The van der Waals surface area contributed by atoms with Crippen molar-refractivity contribution in [3.8, 4) is 32.3 Å². The van der Waals surface area contributed by atoms with Crippen molar-refractivity contribution in [2.45, 2.75) is 38.2 Å². The van der Waals surface area contributed by atoms with E-state index in [1.165, 1.54) is 19.3 Å². The number of nitrogens with zero attached hydrogens (tertiary/aromatic N) is 5. The fraction of sp³-hybridized carbons (Fsp3) is 0.300. The fourth-order valence-electron chi connectivity index (χ4n) is 1.96. The molecule has 1 aliphatic rings. The van der Waals surface area contributed by atoms with Crippen LogP contribution in [0.1, 0.15) is 35.5 Å². The van der Waals surface area contributed by atoms with Gasteiger partial charge < -0.3 is 0 Å². The van der Waals surface area contributed by atoms with E-state index >= 15 is 0 Å². The van der Waals surface area contributed by atoms with E-state index in [0.29, 0.717) is 16.7 Å². The van der Waals surface area contributed by atoms with Crippen molar-refractivity contribution in [3.05, 3.63) is 50.1 Å². The molecule has 0 N–H and O–H groups in total. The topological polar surface area (TPSA) is 76.0 Å². The van der Waals surface area contributed by atoms with Gasteiger partial charge in [0.1, 0.15) is 10.0 Å².